The highest BCUT2D eigenvalue weighted by Crippen LogP contribution is 2.36. The monoisotopic (exact) mass is 758 g/mol. The maximum Gasteiger partial charge on any atom is 0.416 e. The number of ether oxygens (including phenoxy) is 3. The van der Waals surface area contributed by atoms with E-state index in [1.54, 1.807) is 27.8 Å². The van der Waals surface area contributed by atoms with Crippen molar-refractivity contribution < 1.29 is 45.3 Å². The summed E-state index contributed by atoms with van der Waals surface area (Å²) in [5, 5.41) is 2.88. The summed E-state index contributed by atoms with van der Waals surface area (Å²) in [6.45, 7) is 6.81. The highest BCUT2D eigenvalue weighted by molar-refractivity contribution is 6.32. The summed E-state index contributed by atoms with van der Waals surface area (Å²) in [7, 11) is 3.49. The van der Waals surface area contributed by atoms with Crippen LogP contribution in [0.3, 0.4) is 0 Å². The van der Waals surface area contributed by atoms with Crippen molar-refractivity contribution in [1.82, 2.24) is 10.2 Å². The van der Waals surface area contributed by atoms with Crippen LogP contribution in [0.2, 0.25) is 10.0 Å². The number of halogens is 8. The van der Waals surface area contributed by atoms with Gasteiger partial charge in [0.05, 0.1) is 21.2 Å². The fraction of sp³-hybridized carbons (Fsp3) is 0.324. The van der Waals surface area contributed by atoms with Crippen LogP contribution in [0, 0.1) is 0 Å². The minimum absolute atomic E-state index is 0.0544. The third-order valence-electron chi connectivity index (χ3n) is 6.80. The van der Waals surface area contributed by atoms with Crippen LogP contribution in [0.4, 0.5) is 31.1 Å². The first-order valence-corrected chi connectivity index (χ1v) is 16.2. The second-order valence-corrected chi connectivity index (χ2v) is 13.2. The van der Waals surface area contributed by atoms with E-state index in [0.717, 1.165) is 53.1 Å². The van der Waals surface area contributed by atoms with E-state index in [0.29, 0.717) is 6.54 Å². The number of carbonyl (C=O) groups is 1. The molecule has 6 nitrogen and oxygen atoms in total. The summed E-state index contributed by atoms with van der Waals surface area (Å²) in [6, 6.07) is 21.1. The van der Waals surface area contributed by atoms with Gasteiger partial charge in [-0.3, -0.25) is 0 Å². The van der Waals surface area contributed by atoms with E-state index in [-0.39, 0.29) is 34.8 Å². The minimum Gasteiger partial charge on any atom is -0.487 e. The van der Waals surface area contributed by atoms with E-state index >= 15 is 0 Å². The van der Waals surface area contributed by atoms with Crippen molar-refractivity contribution in [2.75, 3.05) is 14.1 Å². The zero-order valence-electron chi connectivity index (χ0n) is 28.5. The average Bonchev–Trinajstić information content (AvgIpc) is 3.03. The first-order chi connectivity index (χ1) is 23.7. The second kappa shape index (κ2) is 17.9. The molecule has 1 amide bonds. The molecular formula is C37H38Cl2F6N2O4. The van der Waals surface area contributed by atoms with Gasteiger partial charge in [-0.1, -0.05) is 71.7 Å². The molecule has 51 heavy (non-hydrogen) atoms. The lowest BCUT2D eigenvalue weighted by atomic mass is 10.1. The zero-order valence-corrected chi connectivity index (χ0v) is 30.0. The van der Waals surface area contributed by atoms with Crippen LogP contribution in [-0.2, 0) is 43.4 Å². The average molecular weight is 760 g/mol. The predicted octanol–water partition coefficient (Wildman–Crippen LogP) is 11.0. The summed E-state index contributed by atoms with van der Waals surface area (Å²) < 4.78 is 92.2. The Balaban J connectivity index is 0.000000286. The molecule has 1 N–H and O–H groups in total. The van der Waals surface area contributed by atoms with Crippen LogP contribution in [-0.4, -0.2) is 30.7 Å². The lowest BCUT2D eigenvalue weighted by Crippen LogP contribution is -2.33. The quantitative estimate of drug-likeness (QED) is 0.163. The second-order valence-electron chi connectivity index (χ2n) is 12.4. The van der Waals surface area contributed by atoms with Crippen LogP contribution in [0.25, 0.3) is 0 Å². The topological polar surface area (TPSA) is 60.0 Å². The van der Waals surface area contributed by atoms with Crippen LogP contribution < -0.4 is 14.8 Å². The number of rotatable bonds is 10. The smallest absolute Gasteiger partial charge is 0.416 e. The van der Waals surface area contributed by atoms with E-state index in [1.807, 2.05) is 55.6 Å². The number of amides is 1. The molecule has 14 heteroatoms. The lowest BCUT2D eigenvalue weighted by molar-refractivity contribution is -0.138. The largest absolute Gasteiger partial charge is 0.487 e. The van der Waals surface area contributed by atoms with Gasteiger partial charge in [0, 0.05) is 20.1 Å². The molecule has 4 aromatic rings. The van der Waals surface area contributed by atoms with E-state index in [1.165, 1.54) is 17.0 Å². The molecule has 0 saturated heterocycles. The standard InChI is InChI=1S/C21H23ClF3NO3.C16H15ClF3NO/c1-20(2,3)29-19(27)26(4)12-14-6-5-7-15(10-14)13-28-18-9-8-16(11-17(18)22)21(23,24)25;1-21-9-11-3-2-4-12(7-11)10-22-15-6-5-13(8-14(15)17)16(18,19)20/h5-11H,12-13H2,1-4H3;2-8,21H,9-10H2,1H3. The van der Waals surface area contributed by atoms with Gasteiger partial charge in [0.1, 0.15) is 30.3 Å². The van der Waals surface area contributed by atoms with Crippen LogP contribution >= 0.6 is 23.2 Å². The highest BCUT2D eigenvalue weighted by atomic mass is 35.5. The van der Waals surface area contributed by atoms with E-state index in [9.17, 15) is 31.1 Å². The van der Waals surface area contributed by atoms with Gasteiger partial charge < -0.3 is 24.4 Å². The Kier molecular flexibility index (Phi) is 14.5. The van der Waals surface area contributed by atoms with Gasteiger partial charge in [-0.05, 0) is 86.5 Å². The number of hydrogen-bond acceptors (Lipinski definition) is 5. The third-order valence-corrected chi connectivity index (χ3v) is 7.39. The molecule has 4 rings (SSSR count). The number of benzene rings is 4. The molecule has 0 heterocycles. The number of carbonyl (C=O) groups excluding carboxylic acids is 1. The third kappa shape index (κ3) is 13.8. The maximum absolute atomic E-state index is 12.7. The number of nitrogens with one attached hydrogen (secondary N) is 1. The fourth-order valence-electron chi connectivity index (χ4n) is 4.44. The molecule has 0 saturated carbocycles. The Bertz CT molecular complexity index is 1760. The number of alkyl halides is 6. The molecule has 0 unspecified atom stereocenters. The molecule has 0 fully saturated rings. The molecule has 0 aliphatic rings. The van der Waals surface area contributed by atoms with Crippen molar-refractivity contribution in [2.24, 2.45) is 0 Å². The molecule has 0 bridgehead atoms. The van der Waals surface area contributed by atoms with Crippen LogP contribution in [0.5, 0.6) is 11.5 Å². The van der Waals surface area contributed by atoms with Gasteiger partial charge in [0.25, 0.3) is 0 Å². The molecular weight excluding hydrogens is 721 g/mol. The normalized spacial score (nSPS) is 11.7. The Labute approximate surface area is 303 Å². The Morgan fingerprint density at radius 2 is 1.12 bits per heavy atom. The van der Waals surface area contributed by atoms with Gasteiger partial charge >= 0.3 is 18.4 Å². The molecule has 0 aliphatic carbocycles. The van der Waals surface area contributed by atoms with Gasteiger partial charge in [-0.15, -0.1) is 0 Å². The minimum atomic E-state index is -4.46. The molecule has 276 valence electrons. The van der Waals surface area contributed by atoms with Crippen molar-refractivity contribution in [2.45, 2.75) is 65.0 Å². The molecule has 0 aliphatic heterocycles. The Hall–Kier alpha value is -4.13. The fourth-order valence-corrected chi connectivity index (χ4v) is 4.91. The lowest BCUT2D eigenvalue weighted by Gasteiger charge is -2.24. The predicted molar refractivity (Wildman–Crippen MR) is 185 cm³/mol. The Morgan fingerprint density at radius 1 is 0.686 bits per heavy atom. The van der Waals surface area contributed by atoms with Crippen LogP contribution in [0.1, 0.15) is 54.2 Å². The molecule has 0 aromatic heterocycles. The van der Waals surface area contributed by atoms with Crippen molar-refractivity contribution in [3.63, 3.8) is 0 Å². The van der Waals surface area contributed by atoms with Crippen LogP contribution in [0.15, 0.2) is 84.9 Å². The van der Waals surface area contributed by atoms with Crippen molar-refractivity contribution in [3.05, 3.63) is 128 Å². The highest BCUT2D eigenvalue weighted by Gasteiger charge is 2.32. The Morgan fingerprint density at radius 3 is 1.53 bits per heavy atom. The molecule has 0 atom stereocenters. The first kappa shape index (κ1) is 41.3. The summed E-state index contributed by atoms with van der Waals surface area (Å²) in [6.07, 6.45) is -9.31. The first-order valence-electron chi connectivity index (χ1n) is 15.5. The van der Waals surface area contributed by atoms with E-state index in [4.69, 9.17) is 37.4 Å². The zero-order chi connectivity index (χ0) is 38.0. The number of nitrogens with zero attached hydrogens (tertiary/aromatic N) is 1. The summed E-state index contributed by atoms with van der Waals surface area (Å²) in [5.74, 6) is 0.393. The summed E-state index contributed by atoms with van der Waals surface area (Å²) >= 11 is 11.8. The van der Waals surface area contributed by atoms with Crippen molar-refractivity contribution in [3.8, 4) is 11.5 Å². The van der Waals surface area contributed by atoms with Gasteiger partial charge in [-0.25, -0.2) is 4.79 Å². The maximum atomic E-state index is 12.7. The van der Waals surface area contributed by atoms with Crippen molar-refractivity contribution >= 4 is 29.3 Å². The number of hydrogen-bond donors (Lipinski definition) is 1. The molecule has 0 spiro atoms. The molecule has 4 aromatic carbocycles. The summed E-state index contributed by atoms with van der Waals surface area (Å²) in [4.78, 5) is 13.5. The molecule has 0 radical (unpaired) electrons. The van der Waals surface area contributed by atoms with Gasteiger partial charge in [0.2, 0.25) is 0 Å². The summed E-state index contributed by atoms with van der Waals surface area (Å²) in [5.41, 5.74) is 1.46. The van der Waals surface area contributed by atoms with E-state index < -0.39 is 35.2 Å². The van der Waals surface area contributed by atoms with Gasteiger partial charge in [-0.2, -0.15) is 26.3 Å². The SMILES string of the molecule is CN(Cc1cccc(COc2ccc(C(F)(F)F)cc2Cl)c1)C(=O)OC(C)(C)C.CNCc1cccc(COc2ccc(C(F)(F)F)cc2Cl)c1. The van der Waals surface area contributed by atoms with Crippen molar-refractivity contribution in [1.29, 1.82) is 0 Å². The van der Waals surface area contributed by atoms with Gasteiger partial charge in [0.15, 0.2) is 0 Å². The van der Waals surface area contributed by atoms with E-state index in [2.05, 4.69) is 5.32 Å².